The molecule has 1 amide bonds. The van der Waals surface area contributed by atoms with E-state index in [1.54, 1.807) is 0 Å². The monoisotopic (exact) mass is 226 g/mol. The molecule has 0 bridgehead atoms. The topological polar surface area (TPSA) is 46.3 Å². The van der Waals surface area contributed by atoms with Crippen molar-refractivity contribution in [1.82, 2.24) is 4.90 Å². The molecule has 0 unspecified atom stereocenters. The van der Waals surface area contributed by atoms with E-state index in [9.17, 15) is 4.79 Å². The van der Waals surface area contributed by atoms with Gasteiger partial charge in [-0.15, -0.1) is 0 Å². The Morgan fingerprint density at radius 3 is 1.94 bits per heavy atom. The minimum Gasteiger partial charge on any atom is -0.341 e. The molecular weight excluding hydrogens is 200 g/mol. The molecule has 1 aliphatic rings. The average molecular weight is 226 g/mol. The van der Waals surface area contributed by atoms with Crippen LogP contribution in [0.25, 0.3) is 0 Å². The fourth-order valence-electron chi connectivity index (χ4n) is 2.32. The first-order chi connectivity index (χ1) is 7.64. The summed E-state index contributed by atoms with van der Waals surface area (Å²) in [4.78, 5) is 14.3. The van der Waals surface area contributed by atoms with Crippen LogP contribution in [0, 0.1) is 0 Å². The van der Waals surface area contributed by atoms with E-state index >= 15 is 0 Å². The van der Waals surface area contributed by atoms with Crippen LogP contribution in [0.3, 0.4) is 0 Å². The molecule has 3 heteroatoms. The lowest BCUT2D eigenvalue weighted by Gasteiger charge is -2.34. The second kappa shape index (κ2) is 6.24. The van der Waals surface area contributed by atoms with Gasteiger partial charge in [-0.3, -0.25) is 4.79 Å². The molecule has 0 aromatic carbocycles. The molecule has 0 saturated carbocycles. The molecule has 1 rings (SSSR count). The number of carbonyl (C=O) groups is 1. The lowest BCUT2D eigenvalue weighted by molar-refractivity contribution is -0.137. The van der Waals surface area contributed by atoms with E-state index in [2.05, 4.69) is 0 Å². The van der Waals surface area contributed by atoms with Gasteiger partial charge in [0.25, 0.3) is 0 Å². The average Bonchev–Trinajstić information content (AvgIpc) is 2.27. The van der Waals surface area contributed by atoms with Crippen LogP contribution in [0.1, 0.15) is 58.8 Å². The summed E-state index contributed by atoms with van der Waals surface area (Å²) >= 11 is 0. The molecule has 0 spiro atoms. The van der Waals surface area contributed by atoms with E-state index in [0.29, 0.717) is 0 Å². The summed E-state index contributed by atoms with van der Waals surface area (Å²) in [5.41, 5.74) is 5.54. The number of hydrogen-bond donors (Lipinski definition) is 1. The fraction of sp³-hybridized carbons (Fsp3) is 0.923. The van der Waals surface area contributed by atoms with Gasteiger partial charge < -0.3 is 10.6 Å². The van der Waals surface area contributed by atoms with Crippen LogP contribution in [-0.4, -0.2) is 29.4 Å². The molecule has 16 heavy (non-hydrogen) atoms. The zero-order valence-electron chi connectivity index (χ0n) is 10.8. The van der Waals surface area contributed by atoms with Crippen LogP contribution >= 0.6 is 0 Å². The van der Waals surface area contributed by atoms with Crippen molar-refractivity contribution >= 4 is 5.91 Å². The molecule has 3 nitrogen and oxygen atoms in total. The number of hydrogen-bond acceptors (Lipinski definition) is 2. The van der Waals surface area contributed by atoms with Crippen LogP contribution in [-0.2, 0) is 4.79 Å². The summed E-state index contributed by atoms with van der Waals surface area (Å²) in [5.74, 6) is 0.166. The van der Waals surface area contributed by atoms with Crippen LogP contribution in [0.15, 0.2) is 0 Å². The molecule has 1 fully saturated rings. The van der Waals surface area contributed by atoms with Crippen LogP contribution < -0.4 is 5.73 Å². The van der Waals surface area contributed by atoms with Gasteiger partial charge in [-0.2, -0.15) is 0 Å². The number of carbonyl (C=O) groups excluding carboxylic acids is 1. The highest BCUT2D eigenvalue weighted by Crippen LogP contribution is 2.18. The third kappa shape index (κ3) is 3.21. The summed E-state index contributed by atoms with van der Waals surface area (Å²) < 4.78 is 0. The Morgan fingerprint density at radius 2 is 1.50 bits per heavy atom. The van der Waals surface area contributed by atoms with E-state index in [-0.39, 0.29) is 5.91 Å². The van der Waals surface area contributed by atoms with Gasteiger partial charge in [0, 0.05) is 13.1 Å². The van der Waals surface area contributed by atoms with Gasteiger partial charge in [-0.25, -0.2) is 0 Å². The van der Waals surface area contributed by atoms with E-state index in [0.717, 1.165) is 38.8 Å². The van der Waals surface area contributed by atoms with Gasteiger partial charge in [-0.05, 0) is 25.7 Å². The van der Waals surface area contributed by atoms with Crippen LogP contribution in [0.4, 0.5) is 0 Å². The number of likely N-dealkylation sites (tertiary alicyclic amines) is 1. The van der Waals surface area contributed by atoms with Crippen LogP contribution in [0.5, 0.6) is 0 Å². The molecule has 94 valence electrons. The van der Waals surface area contributed by atoms with E-state index in [1.807, 2.05) is 18.7 Å². The molecular formula is C13H26N2O. The Labute approximate surface area is 99.4 Å². The Morgan fingerprint density at radius 1 is 1.06 bits per heavy atom. The minimum atomic E-state index is -0.626. The third-order valence-electron chi connectivity index (χ3n) is 3.83. The van der Waals surface area contributed by atoms with Crippen molar-refractivity contribution in [3.8, 4) is 0 Å². The van der Waals surface area contributed by atoms with Crippen molar-refractivity contribution in [2.45, 2.75) is 64.3 Å². The van der Waals surface area contributed by atoms with Crippen molar-refractivity contribution in [1.29, 1.82) is 0 Å². The quantitative estimate of drug-likeness (QED) is 0.802. The highest BCUT2D eigenvalue weighted by Gasteiger charge is 2.33. The van der Waals surface area contributed by atoms with Crippen molar-refractivity contribution in [2.24, 2.45) is 5.73 Å². The first kappa shape index (κ1) is 13.5. The Kier molecular flexibility index (Phi) is 5.26. The summed E-state index contributed by atoms with van der Waals surface area (Å²) in [7, 11) is 0. The molecule has 0 radical (unpaired) electrons. The van der Waals surface area contributed by atoms with Gasteiger partial charge >= 0.3 is 0 Å². The zero-order valence-corrected chi connectivity index (χ0v) is 10.8. The lowest BCUT2D eigenvalue weighted by atomic mass is 9.92. The highest BCUT2D eigenvalue weighted by molar-refractivity contribution is 5.86. The highest BCUT2D eigenvalue weighted by atomic mass is 16.2. The maximum atomic E-state index is 12.3. The smallest absolute Gasteiger partial charge is 0.242 e. The molecule has 2 N–H and O–H groups in total. The number of amides is 1. The summed E-state index contributed by atoms with van der Waals surface area (Å²) in [6.07, 6.45) is 7.55. The zero-order chi connectivity index (χ0) is 12.0. The minimum absolute atomic E-state index is 0.166. The summed E-state index contributed by atoms with van der Waals surface area (Å²) in [6.45, 7) is 5.81. The summed E-state index contributed by atoms with van der Waals surface area (Å²) in [5, 5.41) is 0. The third-order valence-corrected chi connectivity index (χ3v) is 3.83. The Bertz CT molecular complexity index is 216. The van der Waals surface area contributed by atoms with Crippen molar-refractivity contribution in [3.63, 3.8) is 0 Å². The Balaban J connectivity index is 2.62. The predicted octanol–water partition coefficient (Wildman–Crippen LogP) is 2.30. The maximum Gasteiger partial charge on any atom is 0.242 e. The number of nitrogens with two attached hydrogens (primary N) is 1. The molecule has 1 saturated heterocycles. The molecule has 0 aromatic heterocycles. The van der Waals surface area contributed by atoms with Crippen molar-refractivity contribution in [3.05, 3.63) is 0 Å². The fourth-order valence-corrected chi connectivity index (χ4v) is 2.32. The largest absolute Gasteiger partial charge is 0.341 e. The standard InChI is InChI=1S/C13H26N2O/c1-3-13(14,4-2)12(16)15-10-8-6-5-7-9-11-15/h3-11,14H2,1-2H3. The molecule has 1 heterocycles. The van der Waals surface area contributed by atoms with Crippen LogP contribution in [0.2, 0.25) is 0 Å². The molecule has 1 aliphatic heterocycles. The van der Waals surface area contributed by atoms with Gasteiger partial charge in [0.1, 0.15) is 0 Å². The van der Waals surface area contributed by atoms with E-state index in [4.69, 9.17) is 5.73 Å². The van der Waals surface area contributed by atoms with E-state index < -0.39 is 5.54 Å². The predicted molar refractivity (Wildman–Crippen MR) is 67.2 cm³/mol. The van der Waals surface area contributed by atoms with Gasteiger partial charge in [-0.1, -0.05) is 33.1 Å². The molecule has 0 atom stereocenters. The summed E-state index contributed by atoms with van der Waals surface area (Å²) in [6, 6.07) is 0. The lowest BCUT2D eigenvalue weighted by Crippen LogP contribution is -2.55. The number of nitrogens with zero attached hydrogens (tertiary/aromatic N) is 1. The van der Waals surface area contributed by atoms with Gasteiger partial charge in [0.2, 0.25) is 5.91 Å². The second-order valence-electron chi connectivity index (χ2n) is 4.92. The first-order valence-corrected chi connectivity index (χ1v) is 6.72. The molecule has 0 aromatic rings. The first-order valence-electron chi connectivity index (χ1n) is 6.72. The van der Waals surface area contributed by atoms with E-state index in [1.165, 1.54) is 19.3 Å². The second-order valence-corrected chi connectivity index (χ2v) is 4.92. The van der Waals surface area contributed by atoms with Gasteiger partial charge in [0.15, 0.2) is 0 Å². The normalized spacial score (nSPS) is 19.1. The Hall–Kier alpha value is -0.570. The SMILES string of the molecule is CCC(N)(CC)C(=O)N1CCCCCCC1. The van der Waals surface area contributed by atoms with Crippen molar-refractivity contribution in [2.75, 3.05) is 13.1 Å². The van der Waals surface area contributed by atoms with Crippen molar-refractivity contribution < 1.29 is 4.79 Å². The van der Waals surface area contributed by atoms with Gasteiger partial charge in [0.05, 0.1) is 5.54 Å². The number of rotatable bonds is 3. The maximum absolute atomic E-state index is 12.3. The molecule has 0 aliphatic carbocycles.